The summed E-state index contributed by atoms with van der Waals surface area (Å²) in [4.78, 5) is 2.52. The van der Waals surface area contributed by atoms with Crippen molar-refractivity contribution < 1.29 is 5.11 Å². The monoisotopic (exact) mass is 373 g/mol. The van der Waals surface area contributed by atoms with Crippen LogP contribution in [-0.2, 0) is 5.60 Å². The maximum Gasteiger partial charge on any atom is 0.119 e. The molecule has 2 aromatic rings. The van der Waals surface area contributed by atoms with Crippen molar-refractivity contribution in [2.24, 2.45) is 11.8 Å². The molecule has 2 aromatic carbocycles. The Kier molecular flexibility index (Phi) is 4.90. The molecule has 23 heavy (non-hydrogen) atoms. The first-order valence-electron chi connectivity index (χ1n) is 8.34. The average molecular weight is 374 g/mol. The average Bonchev–Trinajstić information content (AvgIpc) is 2.63. The third kappa shape index (κ3) is 2.86. The Bertz CT molecular complexity index is 583. The number of halogens is 1. The molecule has 5 rings (SSSR count). The van der Waals surface area contributed by atoms with E-state index in [9.17, 15) is 5.11 Å². The Hall–Kier alpha value is -1.16. The Balaban J connectivity index is 0.00000156. The fraction of sp³-hybridized carbons (Fsp3) is 0.400. The molecule has 0 saturated carbocycles. The summed E-state index contributed by atoms with van der Waals surface area (Å²) in [6, 6.07) is 20.5. The molecule has 2 nitrogen and oxygen atoms in total. The number of fused-ring (bicyclic) bond motifs is 3. The standard InChI is InChI=1S/C20H23NO.BrH/c22-20(17-7-3-1-4-8-17,18-9-5-2-6-10-18)19-15-21-13-11-16(19)12-14-21;/h1-10,16,19,22H,11-15H2;1H. The van der Waals surface area contributed by atoms with E-state index in [1.807, 2.05) is 36.4 Å². The van der Waals surface area contributed by atoms with Gasteiger partial charge in [0.05, 0.1) is 0 Å². The van der Waals surface area contributed by atoms with Gasteiger partial charge < -0.3 is 10.0 Å². The molecular weight excluding hydrogens is 350 g/mol. The van der Waals surface area contributed by atoms with Crippen LogP contribution in [0.15, 0.2) is 60.7 Å². The highest BCUT2D eigenvalue weighted by Gasteiger charge is 2.48. The molecule has 3 fully saturated rings. The van der Waals surface area contributed by atoms with Gasteiger partial charge in [-0.15, -0.1) is 17.0 Å². The largest absolute Gasteiger partial charge is 0.380 e. The van der Waals surface area contributed by atoms with Crippen LogP contribution >= 0.6 is 17.0 Å². The number of aliphatic hydroxyl groups is 1. The summed E-state index contributed by atoms with van der Waals surface area (Å²) >= 11 is 0. The van der Waals surface area contributed by atoms with Gasteiger partial charge in [-0.1, -0.05) is 60.7 Å². The first kappa shape index (κ1) is 16.7. The molecule has 2 bridgehead atoms. The molecule has 0 amide bonds. The summed E-state index contributed by atoms with van der Waals surface area (Å²) in [5.74, 6) is 0.898. The predicted octanol–water partition coefficient (Wildman–Crippen LogP) is 3.84. The second kappa shape index (κ2) is 6.76. The first-order valence-corrected chi connectivity index (χ1v) is 8.34. The highest BCUT2D eigenvalue weighted by molar-refractivity contribution is 8.93. The van der Waals surface area contributed by atoms with Crippen molar-refractivity contribution >= 4 is 17.0 Å². The number of benzene rings is 2. The molecule has 0 spiro atoms. The van der Waals surface area contributed by atoms with Crippen molar-refractivity contribution in [1.82, 2.24) is 4.90 Å². The van der Waals surface area contributed by atoms with Crippen molar-refractivity contribution in [1.29, 1.82) is 0 Å². The van der Waals surface area contributed by atoms with Gasteiger partial charge in [-0.2, -0.15) is 0 Å². The van der Waals surface area contributed by atoms with Crippen LogP contribution in [-0.4, -0.2) is 29.6 Å². The van der Waals surface area contributed by atoms with Crippen LogP contribution in [0, 0.1) is 11.8 Å². The molecule has 3 heterocycles. The lowest BCUT2D eigenvalue weighted by molar-refractivity contribution is -0.0764. The lowest BCUT2D eigenvalue weighted by atomic mass is 9.65. The number of hydrogen-bond acceptors (Lipinski definition) is 2. The maximum absolute atomic E-state index is 11.9. The van der Waals surface area contributed by atoms with Crippen LogP contribution in [0.25, 0.3) is 0 Å². The van der Waals surface area contributed by atoms with E-state index in [2.05, 4.69) is 29.2 Å². The Morgan fingerprint density at radius 1 is 0.826 bits per heavy atom. The Morgan fingerprint density at radius 2 is 1.30 bits per heavy atom. The number of piperidine rings is 3. The third-order valence-electron chi connectivity index (χ3n) is 5.62. The number of rotatable bonds is 3. The number of nitrogens with zero attached hydrogens (tertiary/aromatic N) is 1. The molecule has 0 aliphatic carbocycles. The fourth-order valence-electron chi connectivity index (χ4n) is 4.42. The Labute approximate surface area is 148 Å². The Morgan fingerprint density at radius 3 is 1.70 bits per heavy atom. The molecule has 0 aromatic heterocycles. The smallest absolute Gasteiger partial charge is 0.119 e. The van der Waals surface area contributed by atoms with Crippen molar-refractivity contribution in [3.8, 4) is 0 Å². The van der Waals surface area contributed by atoms with Gasteiger partial charge in [0.1, 0.15) is 5.60 Å². The highest BCUT2D eigenvalue weighted by Crippen LogP contribution is 2.46. The van der Waals surface area contributed by atoms with Gasteiger partial charge in [0.15, 0.2) is 0 Å². The van der Waals surface area contributed by atoms with Gasteiger partial charge >= 0.3 is 0 Å². The first-order chi connectivity index (χ1) is 10.8. The van der Waals surface area contributed by atoms with E-state index in [1.54, 1.807) is 0 Å². The van der Waals surface area contributed by atoms with Gasteiger partial charge in [-0.3, -0.25) is 0 Å². The zero-order valence-corrected chi connectivity index (χ0v) is 15.0. The van der Waals surface area contributed by atoms with E-state index >= 15 is 0 Å². The molecule has 1 unspecified atom stereocenters. The van der Waals surface area contributed by atoms with Crippen molar-refractivity contribution in [3.05, 3.63) is 71.8 Å². The van der Waals surface area contributed by atoms with Gasteiger partial charge in [0.25, 0.3) is 0 Å². The summed E-state index contributed by atoms with van der Waals surface area (Å²) in [7, 11) is 0. The van der Waals surface area contributed by atoms with E-state index in [0.717, 1.165) is 17.7 Å². The summed E-state index contributed by atoms with van der Waals surface area (Å²) in [5.41, 5.74) is 1.17. The van der Waals surface area contributed by atoms with Gasteiger partial charge in [0, 0.05) is 12.5 Å². The topological polar surface area (TPSA) is 23.5 Å². The van der Waals surface area contributed by atoms with Crippen LogP contribution in [0.1, 0.15) is 24.0 Å². The molecule has 0 radical (unpaired) electrons. The summed E-state index contributed by atoms with van der Waals surface area (Å²) in [6.07, 6.45) is 2.43. The van der Waals surface area contributed by atoms with Gasteiger partial charge in [-0.25, -0.2) is 0 Å². The summed E-state index contributed by atoms with van der Waals surface area (Å²) < 4.78 is 0. The molecule has 1 N–H and O–H groups in total. The van der Waals surface area contributed by atoms with E-state index in [4.69, 9.17) is 0 Å². The van der Waals surface area contributed by atoms with Crippen molar-refractivity contribution in [2.75, 3.05) is 19.6 Å². The maximum atomic E-state index is 11.9. The van der Waals surface area contributed by atoms with Crippen LogP contribution in [0.2, 0.25) is 0 Å². The van der Waals surface area contributed by atoms with Crippen LogP contribution in [0.5, 0.6) is 0 Å². The van der Waals surface area contributed by atoms with Gasteiger partial charge in [-0.05, 0) is 43.0 Å². The summed E-state index contributed by atoms with van der Waals surface area (Å²) in [6.45, 7) is 3.40. The zero-order chi connectivity index (χ0) is 15.0. The molecular formula is C20H24BrNO. The zero-order valence-electron chi connectivity index (χ0n) is 13.3. The van der Waals surface area contributed by atoms with Crippen LogP contribution < -0.4 is 0 Å². The lowest BCUT2D eigenvalue weighted by Gasteiger charge is -2.51. The van der Waals surface area contributed by atoms with E-state index in [-0.39, 0.29) is 22.9 Å². The normalized spacial score (nSPS) is 26.6. The minimum Gasteiger partial charge on any atom is -0.380 e. The minimum absolute atomic E-state index is 0. The van der Waals surface area contributed by atoms with Crippen LogP contribution in [0.4, 0.5) is 0 Å². The molecule has 122 valence electrons. The van der Waals surface area contributed by atoms with Gasteiger partial charge in [0.2, 0.25) is 0 Å². The minimum atomic E-state index is -0.883. The number of hydrogen-bond donors (Lipinski definition) is 1. The molecule has 1 atom stereocenters. The van der Waals surface area contributed by atoms with Crippen molar-refractivity contribution in [3.63, 3.8) is 0 Å². The van der Waals surface area contributed by atoms with E-state index in [1.165, 1.54) is 25.9 Å². The molecule has 3 heteroatoms. The SMILES string of the molecule is Br.OC(c1ccccc1)(c1ccccc1)C1CN2CCC1CC2. The third-order valence-corrected chi connectivity index (χ3v) is 5.62. The van der Waals surface area contributed by atoms with E-state index < -0.39 is 5.60 Å². The molecule has 3 aliphatic rings. The second-order valence-corrected chi connectivity index (χ2v) is 6.74. The lowest BCUT2D eigenvalue weighted by Crippen LogP contribution is -2.55. The second-order valence-electron chi connectivity index (χ2n) is 6.74. The quantitative estimate of drug-likeness (QED) is 0.883. The van der Waals surface area contributed by atoms with Crippen LogP contribution in [0.3, 0.4) is 0 Å². The molecule has 3 aliphatic heterocycles. The highest BCUT2D eigenvalue weighted by atomic mass is 79.9. The molecule has 3 saturated heterocycles. The predicted molar refractivity (Wildman–Crippen MR) is 98.9 cm³/mol. The summed E-state index contributed by atoms with van der Waals surface area (Å²) in [5, 5.41) is 11.9. The van der Waals surface area contributed by atoms with Crippen molar-refractivity contribution in [2.45, 2.75) is 18.4 Å². The fourth-order valence-corrected chi connectivity index (χ4v) is 4.42. The van der Waals surface area contributed by atoms with E-state index in [0.29, 0.717) is 5.92 Å².